The molecular weight excluding hydrogens is 269 g/mol. The van der Waals surface area contributed by atoms with E-state index >= 15 is 0 Å². The monoisotopic (exact) mass is 291 g/mol. The summed E-state index contributed by atoms with van der Waals surface area (Å²) < 4.78 is 13.3. The van der Waals surface area contributed by atoms with Gasteiger partial charge in [0, 0.05) is 19.1 Å². The molecule has 2 aliphatic rings. The molecule has 21 heavy (non-hydrogen) atoms. The molecule has 1 aromatic rings. The van der Waals surface area contributed by atoms with Crippen LogP contribution in [0.1, 0.15) is 37.3 Å². The zero-order chi connectivity index (χ0) is 14.8. The Balaban J connectivity index is 1.64. The predicted octanol–water partition coefficient (Wildman–Crippen LogP) is 1.75. The van der Waals surface area contributed by atoms with E-state index < -0.39 is 0 Å². The number of carbonyl (C=O) groups excluding carboxylic acids is 1. The molecule has 2 unspecified atom stereocenters. The predicted molar refractivity (Wildman–Crippen MR) is 78.9 cm³/mol. The van der Waals surface area contributed by atoms with Crippen molar-refractivity contribution in [3.63, 3.8) is 0 Å². The Bertz CT molecular complexity index is 534. The maximum Gasteiger partial charge on any atom is 0.241 e. The third-order valence-electron chi connectivity index (χ3n) is 4.41. The molecule has 5 heteroatoms. The SMILES string of the molecule is CCCC1CC(C(=O)N2CCc3ccc(F)cc3C2)NN1. The van der Waals surface area contributed by atoms with Gasteiger partial charge < -0.3 is 4.90 Å². The van der Waals surface area contributed by atoms with E-state index in [4.69, 9.17) is 0 Å². The Labute approximate surface area is 124 Å². The fourth-order valence-electron chi connectivity index (χ4n) is 3.26. The van der Waals surface area contributed by atoms with Crippen molar-refractivity contribution in [1.82, 2.24) is 15.8 Å². The topological polar surface area (TPSA) is 44.4 Å². The number of nitrogens with zero attached hydrogens (tertiary/aromatic N) is 1. The van der Waals surface area contributed by atoms with E-state index in [1.807, 2.05) is 11.0 Å². The summed E-state index contributed by atoms with van der Waals surface area (Å²) >= 11 is 0. The van der Waals surface area contributed by atoms with Gasteiger partial charge >= 0.3 is 0 Å². The van der Waals surface area contributed by atoms with Gasteiger partial charge in [0.2, 0.25) is 5.91 Å². The van der Waals surface area contributed by atoms with Crippen LogP contribution in [0.25, 0.3) is 0 Å². The maximum absolute atomic E-state index is 13.3. The Kier molecular flexibility index (Phi) is 4.22. The van der Waals surface area contributed by atoms with E-state index in [-0.39, 0.29) is 17.8 Å². The molecule has 0 bridgehead atoms. The Morgan fingerprint density at radius 1 is 1.38 bits per heavy atom. The van der Waals surface area contributed by atoms with Crippen molar-refractivity contribution in [1.29, 1.82) is 0 Å². The quantitative estimate of drug-likeness (QED) is 0.892. The van der Waals surface area contributed by atoms with Crippen molar-refractivity contribution in [2.24, 2.45) is 0 Å². The van der Waals surface area contributed by atoms with Gasteiger partial charge in [0.15, 0.2) is 0 Å². The highest BCUT2D eigenvalue weighted by molar-refractivity contribution is 5.82. The average Bonchev–Trinajstić information content (AvgIpc) is 2.94. The van der Waals surface area contributed by atoms with E-state index in [0.717, 1.165) is 36.8 Å². The van der Waals surface area contributed by atoms with Crippen LogP contribution in [0, 0.1) is 5.82 Å². The summed E-state index contributed by atoms with van der Waals surface area (Å²) in [6, 6.07) is 5.09. The molecule has 4 nitrogen and oxygen atoms in total. The number of nitrogens with one attached hydrogen (secondary N) is 2. The molecule has 1 fully saturated rings. The smallest absolute Gasteiger partial charge is 0.241 e. The van der Waals surface area contributed by atoms with Crippen LogP contribution in [0.15, 0.2) is 18.2 Å². The number of carbonyl (C=O) groups is 1. The van der Waals surface area contributed by atoms with E-state index in [9.17, 15) is 9.18 Å². The number of benzene rings is 1. The largest absolute Gasteiger partial charge is 0.337 e. The molecule has 2 N–H and O–H groups in total. The number of hydrogen-bond acceptors (Lipinski definition) is 3. The number of halogens is 1. The number of hydrazine groups is 1. The highest BCUT2D eigenvalue weighted by atomic mass is 19.1. The molecule has 0 aliphatic carbocycles. The van der Waals surface area contributed by atoms with E-state index in [1.165, 1.54) is 6.07 Å². The van der Waals surface area contributed by atoms with Gasteiger partial charge in [0.1, 0.15) is 11.9 Å². The lowest BCUT2D eigenvalue weighted by atomic mass is 9.98. The van der Waals surface area contributed by atoms with Crippen LogP contribution in [-0.4, -0.2) is 29.4 Å². The van der Waals surface area contributed by atoms with Gasteiger partial charge in [-0.25, -0.2) is 9.82 Å². The van der Waals surface area contributed by atoms with E-state index in [1.54, 1.807) is 6.07 Å². The standard InChI is InChI=1S/C16H22FN3O/c1-2-3-14-9-15(19-18-14)16(21)20-7-6-11-4-5-13(17)8-12(11)10-20/h4-5,8,14-15,18-19H,2-3,6-7,9-10H2,1H3. The lowest BCUT2D eigenvalue weighted by Crippen LogP contribution is -2.47. The van der Waals surface area contributed by atoms with Gasteiger partial charge in [-0.15, -0.1) is 0 Å². The summed E-state index contributed by atoms with van der Waals surface area (Å²) in [5.41, 5.74) is 8.40. The summed E-state index contributed by atoms with van der Waals surface area (Å²) in [7, 11) is 0. The van der Waals surface area contributed by atoms with Gasteiger partial charge in [0.05, 0.1) is 0 Å². The Hall–Kier alpha value is -1.46. The normalized spacial score (nSPS) is 25.0. The second-order valence-corrected chi connectivity index (χ2v) is 5.99. The molecule has 2 heterocycles. The molecular formula is C16H22FN3O. The van der Waals surface area contributed by atoms with E-state index in [2.05, 4.69) is 17.8 Å². The van der Waals surface area contributed by atoms with Crippen molar-refractivity contribution in [3.05, 3.63) is 35.1 Å². The molecule has 3 rings (SSSR count). The van der Waals surface area contributed by atoms with Gasteiger partial charge in [-0.2, -0.15) is 0 Å². The Morgan fingerprint density at radius 2 is 2.24 bits per heavy atom. The first kappa shape index (κ1) is 14.5. The van der Waals surface area contributed by atoms with Crippen molar-refractivity contribution in [2.45, 2.75) is 51.2 Å². The lowest BCUT2D eigenvalue weighted by Gasteiger charge is -2.30. The Morgan fingerprint density at radius 3 is 3.05 bits per heavy atom. The van der Waals surface area contributed by atoms with Gasteiger partial charge in [0.25, 0.3) is 0 Å². The average molecular weight is 291 g/mol. The third-order valence-corrected chi connectivity index (χ3v) is 4.41. The molecule has 114 valence electrons. The second-order valence-electron chi connectivity index (χ2n) is 5.99. The highest BCUT2D eigenvalue weighted by Crippen LogP contribution is 2.22. The van der Waals surface area contributed by atoms with Crippen LogP contribution in [0.2, 0.25) is 0 Å². The van der Waals surface area contributed by atoms with Crippen LogP contribution in [0.3, 0.4) is 0 Å². The summed E-state index contributed by atoms with van der Waals surface area (Å²) in [6.45, 7) is 3.38. The summed E-state index contributed by atoms with van der Waals surface area (Å²) in [5.74, 6) is -0.109. The highest BCUT2D eigenvalue weighted by Gasteiger charge is 2.33. The zero-order valence-corrected chi connectivity index (χ0v) is 12.4. The van der Waals surface area contributed by atoms with Crippen LogP contribution in [-0.2, 0) is 17.8 Å². The fraction of sp³-hybridized carbons (Fsp3) is 0.562. The zero-order valence-electron chi connectivity index (χ0n) is 12.4. The van der Waals surface area contributed by atoms with Crippen molar-refractivity contribution in [2.75, 3.05) is 6.54 Å². The van der Waals surface area contributed by atoms with E-state index in [0.29, 0.717) is 19.1 Å². The number of fused-ring (bicyclic) bond motifs is 1. The number of amides is 1. The first-order valence-electron chi connectivity index (χ1n) is 7.74. The van der Waals surface area contributed by atoms with Crippen LogP contribution in [0.4, 0.5) is 4.39 Å². The van der Waals surface area contributed by atoms with Gasteiger partial charge in [-0.3, -0.25) is 10.2 Å². The van der Waals surface area contributed by atoms with Crippen LogP contribution in [0.5, 0.6) is 0 Å². The maximum atomic E-state index is 13.3. The molecule has 1 saturated heterocycles. The minimum absolute atomic E-state index is 0.121. The molecule has 0 radical (unpaired) electrons. The van der Waals surface area contributed by atoms with Gasteiger partial charge in [-0.05, 0) is 42.5 Å². The lowest BCUT2D eigenvalue weighted by molar-refractivity contribution is -0.134. The molecule has 2 aliphatic heterocycles. The minimum Gasteiger partial charge on any atom is -0.337 e. The second kappa shape index (κ2) is 6.12. The number of rotatable bonds is 3. The molecule has 0 aromatic heterocycles. The summed E-state index contributed by atoms with van der Waals surface area (Å²) in [6.07, 6.45) is 3.82. The van der Waals surface area contributed by atoms with Crippen LogP contribution < -0.4 is 10.9 Å². The summed E-state index contributed by atoms with van der Waals surface area (Å²) in [4.78, 5) is 14.4. The molecule has 0 saturated carbocycles. The van der Waals surface area contributed by atoms with Gasteiger partial charge in [-0.1, -0.05) is 19.4 Å². The molecule has 1 aromatic carbocycles. The minimum atomic E-state index is -0.230. The first-order valence-corrected chi connectivity index (χ1v) is 7.74. The van der Waals surface area contributed by atoms with Crippen molar-refractivity contribution >= 4 is 5.91 Å². The molecule has 0 spiro atoms. The summed E-state index contributed by atoms with van der Waals surface area (Å²) in [5, 5.41) is 0. The first-order chi connectivity index (χ1) is 10.2. The van der Waals surface area contributed by atoms with Crippen molar-refractivity contribution < 1.29 is 9.18 Å². The molecule has 2 atom stereocenters. The third kappa shape index (κ3) is 3.09. The fourth-order valence-corrected chi connectivity index (χ4v) is 3.26. The molecule has 1 amide bonds. The van der Waals surface area contributed by atoms with Crippen LogP contribution >= 0.6 is 0 Å². The number of hydrogen-bond donors (Lipinski definition) is 2. The van der Waals surface area contributed by atoms with Crippen molar-refractivity contribution in [3.8, 4) is 0 Å².